The predicted octanol–water partition coefficient (Wildman–Crippen LogP) is 2.68. The zero-order valence-corrected chi connectivity index (χ0v) is 11.2. The first-order valence-electron chi connectivity index (χ1n) is 5.33. The van der Waals surface area contributed by atoms with Gasteiger partial charge in [-0.05, 0) is 18.4 Å². The summed E-state index contributed by atoms with van der Waals surface area (Å²) in [5.41, 5.74) is 6.11. The quantitative estimate of drug-likeness (QED) is 0.801. The van der Waals surface area contributed by atoms with Gasteiger partial charge < -0.3 is 10.5 Å². The van der Waals surface area contributed by atoms with E-state index in [0.29, 0.717) is 5.75 Å². The number of hydrogen-bond acceptors (Lipinski definition) is 5. The molecule has 0 spiro atoms. The van der Waals surface area contributed by atoms with Crippen molar-refractivity contribution in [1.82, 2.24) is 4.98 Å². The van der Waals surface area contributed by atoms with E-state index in [1.165, 1.54) is 0 Å². The number of fused-ring (bicyclic) bond motifs is 3. The monoisotopic (exact) mass is 278 g/mol. The fourth-order valence-electron chi connectivity index (χ4n) is 1.86. The molecule has 18 heavy (non-hydrogen) atoms. The van der Waals surface area contributed by atoms with Crippen LogP contribution in [0.15, 0.2) is 17.5 Å². The van der Waals surface area contributed by atoms with Crippen molar-refractivity contribution in [3.05, 3.63) is 22.5 Å². The molecule has 4 nitrogen and oxygen atoms in total. The Kier molecular flexibility index (Phi) is 2.68. The highest BCUT2D eigenvalue weighted by atomic mass is 32.1. The lowest BCUT2D eigenvalue weighted by molar-refractivity contribution is -0.119. The molecule has 1 amide bonds. The minimum absolute atomic E-state index is 0.103. The third-order valence-corrected chi connectivity index (χ3v) is 4.38. The van der Waals surface area contributed by atoms with Crippen LogP contribution in [0.2, 0.25) is 0 Å². The van der Waals surface area contributed by atoms with E-state index < -0.39 is 5.91 Å². The van der Waals surface area contributed by atoms with Gasteiger partial charge in [-0.3, -0.25) is 4.79 Å². The van der Waals surface area contributed by atoms with Crippen molar-refractivity contribution in [2.45, 2.75) is 6.92 Å². The summed E-state index contributed by atoms with van der Waals surface area (Å²) in [6, 6.07) is 3.91. The molecule has 2 N–H and O–H groups in total. The number of carbonyl (C=O) groups excluding carboxylic acids is 1. The molecule has 3 rings (SSSR count). The lowest BCUT2D eigenvalue weighted by atomic mass is 10.2. The Labute approximate surface area is 111 Å². The number of rotatable bonds is 3. The number of benzene rings is 1. The smallest absolute Gasteiger partial charge is 0.255 e. The third-order valence-electron chi connectivity index (χ3n) is 2.54. The average Bonchev–Trinajstić information content (AvgIpc) is 2.90. The summed E-state index contributed by atoms with van der Waals surface area (Å²) in [4.78, 5) is 15.3. The van der Waals surface area contributed by atoms with Gasteiger partial charge in [0.2, 0.25) is 0 Å². The normalized spacial score (nSPS) is 11.2. The lowest BCUT2D eigenvalue weighted by Crippen LogP contribution is -2.20. The number of primary amides is 1. The number of nitrogens with two attached hydrogens (primary N) is 1. The first-order valence-corrected chi connectivity index (χ1v) is 7.03. The van der Waals surface area contributed by atoms with Crippen molar-refractivity contribution < 1.29 is 9.53 Å². The number of ether oxygens (including phenoxy) is 1. The van der Waals surface area contributed by atoms with Gasteiger partial charge in [-0.2, -0.15) is 0 Å². The average molecular weight is 278 g/mol. The molecule has 2 heterocycles. The van der Waals surface area contributed by atoms with E-state index in [0.717, 1.165) is 25.3 Å². The standard InChI is InChI=1S/C12H10N2O2S2/c1-6-14-11-9(18-6)4-8(16-5-10(13)15)7-2-3-17-12(7)11/h2-4H,5H2,1H3,(H2,13,15). The minimum atomic E-state index is -0.473. The van der Waals surface area contributed by atoms with Crippen molar-refractivity contribution in [3.63, 3.8) is 0 Å². The molecule has 0 saturated heterocycles. The SMILES string of the molecule is Cc1nc2c(cc(OCC(N)=O)c3ccsc32)s1. The molecular formula is C12H10N2O2S2. The van der Waals surface area contributed by atoms with Crippen LogP contribution in [0.4, 0.5) is 0 Å². The van der Waals surface area contributed by atoms with Gasteiger partial charge in [0.15, 0.2) is 6.61 Å². The van der Waals surface area contributed by atoms with Gasteiger partial charge in [-0.1, -0.05) is 0 Å². The maximum atomic E-state index is 10.8. The molecule has 0 aliphatic carbocycles. The summed E-state index contributed by atoms with van der Waals surface area (Å²) >= 11 is 3.24. The van der Waals surface area contributed by atoms with Crippen LogP contribution in [0.25, 0.3) is 20.3 Å². The number of amides is 1. The highest BCUT2D eigenvalue weighted by Gasteiger charge is 2.12. The summed E-state index contributed by atoms with van der Waals surface area (Å²) in [5.74, 6) is 0.222. The Morgan fingerprint density at radius 2 is 2.39 bits per heavy atom. The second kappa shape index (κ2) is 4.22. The Morgan fingerprint density at radius 3 is 3.17 bits per heavy atom. The van der Waals surface area contributed by atoms with Crippen molar-refractivity contribution >= 4 is 48.9 Å². The van der Waals surface area contributed by atoms with E-state index in [1.807, 2.05) is 24.4 Å². The first kappa shape index (κ1) is 11.4. The molecule has 0 bridgehead atoms. The van der Waals surface area contributed by atoms with E-state index in [1.54, 1.807) is 22.7 Å². The molecule has 2 aromatic heterocycles. The minimum Gasteiger partial charge on any atom is -0.483 e. The van der Waals surface area contributed by atoms with Crippen molar-refractivity contribution in [3.8, 4) is 5.75 Å². The number of aryl methyl sites for hydroxylation is 1. The fraction of sp³-hybridized carbons (Fsp3) is 0.167. The number of carbonyl (C=O) groups is 1. The van der Waals surface area contributed by atoms with Crippen LogP contribution in [0.3, 0.4) is 0 Å². The molecule has 1 aromatic carbocycles. The van der Waals surface area contributed by atoms with E-state index in [4.69, 9.17) is 10.5 Å². The topological polar surface area (TPSA) is 65.2 Å². The van der Waals surface area contributed by atoms with E-state index in [-0.39, 0.29) is 6.61 Å². The highest BCUT2D eigenvalue weighted by molar-refractivity contribution is 7.21. The number of nitrogens with zero attached hydrogens (tertiary/aromatic N) is 1. The van der Waals surface area contributed by atoms with Crippen LogP contribution in [0.5, 0.6) is 5.75 Å². The Morgan fingerprint density at radius 1 is 1.56 bits per heavy atom. The van der Waals surface area contributed by atoms with Crippen LogP contribution >= 0.6 is 22.7 Å². The van der Waals surface area contributed by atoms with Crippen LogP contribution in [0, 0.1) is 6.92 Å². The Balaban J connectivity index is 2.21. The molecule has 0 aliphatic heterocycles. The summed E-state index contributed by atoms with van der Waals surface area (Å²) in [7, 11) is 0. The molecular weight excluding hydrogens is 268 g/mol. The largest absolute Gasteiger partial charge is 0.483 e. The number of hydrogen-bond donors (Lipinski definition) is 1. The summed E-state index contributed by atoms with van der Waals surface area (Å²) < 4.78 is 7.63. The van der Waals surface area contributed by atoms with Gasteiger partial charge in [0.25, 0.3) is 5.91 Å². The second-order valence-corrected chi connectivity index (χ2v) is 6.02. The second-order valence-electron chi connectivity index (χ2n) is 3.87. The molecule has 0 saturated carbocycles. The number of aromatic nitrogens is 1. The molecule has 0 aliphatic rings. The van der Waals surface area contributed by atoms with E-state index in [2.05, 4.69) is 4.98 Å². The molecule has 3 aromatic rings. The molecule has 92 valence electrons. The molecule has 0 fully saturated rings. The van der Waals surface area contributed by atoms with Crippen molar-refractivity contribution in [2.24, 2.45) is 5.73 Å². The van der Waals surface area contributed by atoms with Crippen LogP contribution in [-0.2, 0) is 4.79 Å². The summed E-state index contributed by atoms with van der Waals surface area (Å²) in [6.07, 6.45) is 0. The maximum absolute atomic E-state index is 10.8. The van der Waals surface area contributed by atoms with Gasteiger partial charge in [0.1, 0.15) is 5.75 Å². The first-order chi connectivity index (χ1) is 8.65. The molecule has 0 unspecified atom stereocenters. The Hall–Kier alpha value is -1.66. The summed E-state index contributed by atoms with van der Waals surface area (Å²) in [5, 5.41) is 4.00. The van der Waals surface area contributed by atoms with Crippen molar-refractivity contribution in [1.29, 1.82) is 0 Å². The molecule has 0 radical (unpaired) electrons. The number of thiophene rings is 1. The van der Waals surface area contributed by atoms with Gasteiger partial charge in [-0.25, -0.2) is 4.98 Å². The van der Waals surface area contributed by atoms with Gasteiger partial charge >= 0.3 is 0 Å². The van der Waals surface area contributed by atoms with Gasteiger partial charge in [0.05, 0.1) is 19.9 Å². The zero-order valence-electron chi connectivity index (χ0n) is 9.60. The van der Waals surface area contributed by atoms with Gasteiger partial charge in [-0.15, -0.1) is 22.7 Å². The van der Waals surface area contributed by atoms with Crippen LogP contribution in [0.1, 0.15) is 5.01 Å². The number of thiazole rings is 1. The lowest BCUT2D eigenvalue weighted by Gasteiger charge is -2.05. The highest BCUT2D eigenvalue weighted by Crippen LogP contribution is 2.38. The van der Waals surface area contributed by atoms with Crippen LogP contribution in [-0.4, -0.2) is 17.5 Å². The predicted molar refractivity (Wildman–Crippen MR) is 74.4 cm³/mol. The van der Waals surface area contributed by atoms with Gasteiger partial charge in [0, 0.05) is 11.5 Å². The van der Waals surface area contributed by atoms with Crippen LogP contribution < -0.4 is 10.5 Å². The van der Waals surface area contributed by atoms with E-state index in [9.17, 15) is 4.79 Å². The molecule has 6 heteroatoms. The Bertz CT molecular complexity index is 745. The third kappa shape index (κ3) is 1.83. The molecule has 0 atom stereocenters. The van der Waals surface area contributed by atoms with Crippen molar-refractivity contribution in [2.75, 3.05) is 6.61 Å². The maximum Gasteiger partial charge on any atom is 0.255 e. The van der Waals surface area contributed by atoms with E-state index >= 15 is 0 Å². The summed E-state index contributed by atoms with van der Waals surface area (Å²) in [6.45, 7) is 1.88. The fourth-order valence-corrected chi connectivity index (χ4v) is 3.69. The zero-order chi connectivity index (χ0) is 12.7.